The van der Waals surface area contributed by atoms with Crippen molar-refractivity contribution in [2.24, 2.45) is 0 Å². The van der Waals surface area contributed by atoms with E-state index in [1.165, 1.54) is 321 Å². The van der Waals surface area contributed by atoms with Gasteiger partial charge in [-0.15, -0.1) is 0 Å². The molecule has 0 spiro atoms. The van der Waals surface area contributed by atoms with Gasteiger partial charge >= 0.3 is 5.97 Å². The highest BCUT2D eigenvalue weighted by Crippen LogP contribution is 2.19. The quantitative estimate of drug-likeness (QED) is 0.0320. The van der Waals surface area contributed by atoms with E-state index in [1.54, 1.807) is 6.08 Å². The van der Waals surface area contributed by atoms with Crippen LogP contribution in [0.2, 0.25) is 0 Å². The first kappa shape index (κ1) is 75.3. The lowest BCUT2D eigenvalue weighted by Crippen LogP contribution is -2.45. The Morgan fingerprint density at radius 3 is 0.922 bits per heavy atom. The van der Waals surface area contributed by atoms with Crippen LogP contribution >= 0.6 is 0 Å². The highest BCUT2D eigenvalue weighted by Gasteiger charge is 2.18. The van der Waals surface area contributed by atoms with Gasteiger partial charge in [0.05, 0.1) is 25.4 Å². The molecule has 0 aromatic carbocycles. The summed E-state index contributed by atoms with van der Waals surface area (Å²) in [7, 11) is 0. The molecule has 0 aromatic rings. The molecule has 0 aliphatic carbocycles. The van der Waals surface area contributed by atoms with Crippen LogP contribution < -0.4 is 5.32 Å². The number of unbranched alkanes of at least 4 members (excludes halogenated alkanes) is 53. The second-order valence-electron chi connectivity index (χ2n) is 24.2. The van der Waals surface area contributed by atoms with E-state index in [4.69, 9.17) is 4.74 Å². The number of hydrogen-bond donors (Lipinski definition) is 3. The SMILES string of the molecule is CCCCCCCC/C=C\CCCCCCCC(=O)OCCCCCCCCCCCCCCCCCCCCCCCCCCCCCCCCCCCCCC(=O)NC(CO)C(O)/C=C/CCCCCCCCCC. The number of amides is 1. The number of esters is 1. The Morgan fingerprint density at radius 2 is 0.610 bits per heavy atom. The van der Waals surface area contributed by atoms with Crippen LogP contribution in [-0.2, 0) is 14.3 Å². The average Bonchev–Trinajstić information content (AvgIpc) is 3.43. The maximum atomic E-state index is 12.4. The Morgan fingerprint density at radius 1 is 0.351 bits per heavy atom. The first-order valence-electron chi connectivity index (χ1n) is 35.1. The molecule has 0 heterocycles. The average molecular weight is 1080 g/mol. The van der Waals surface area contributed by atoms with Crippen molar-refractivity contribution < 1.29 is 24.5 Å². The summed E-state index contributed by atoms with van der Waals surface area (Å²) in [6.07, 6.45) is 84.3. The predicted molar refractivity (Wildman–Crippen MR) is 338 cm³/mol. The van der Waals surface area contributed by atoms with E-state index in [0.717, 1.165) is 44.9 Å². The highest BCUT2D eigenvalue weighted by molar-refractivity contribution is 5.76. The summed E-state index contributed by atoms with van der Waals surface area (Å²) in [5.41, 5.74) is 0. The normalized spacial score (nSPS) is 12.6. The molecule has 2 unspecified atom stereocenters. The smallest absolute Gasteiger partial charge is 0.305 e. The molecule has 0 saturated carbocycles. The molecule has 0 saturated heterocycles. The summed E-state index contributed by atoms with van der Waals surface area (Å²) < 4.78 is 5.49. The number of hydrogen-bond acceptors (Lipinski definition) is 5. The summed E-state index contributed by atoms with van der Waals surface area (Å²) in [4.78, 5) is 24.5. The van der Waals surface area contributed by atoms with Crippen molar-refractivity contribution in [2.75, 3.05) is 13.2 Å². The molecule has 6 nitrogen and oxygen atoms in total. The van der Waals surface area contributed by atoms with Crippen molar-refractivity contribution in [2.45, 2.75) is 405 Å². The van der Waals surface area contributed by atoms with Gasteiger partial charge in [0.2, 0.25) is 5.91 Å². The van der Waals surface area contributed by atoms with Crippen LogP contribution in [0.25, 0.3) is 0 Å². The molecular formula is C71H137NO5. The lowest BCUT2D eigenvalue weighted by atomic mass is 10.0. The molecular weight excluding hydrogens is 947 g/mol. The van der Waals surface area contributed by atoms with E-state index < -0.39 is 12.1 Å². The molecule has 1 amide bonds. The van der Waals surface area contributed by atoms with Gasteiger partial charge in [0.25, 0.3) is 0 Å². The van der Waals surface area contributed by atoms with Gasteiger partial charge in [-0.1, -0.05) is 346 Å². The Kier molecular flexibility index (Phi) is 65.4. The predicted octanol–water partition coefficient (Wildman–Crippen LogP) is 22.5. The van der Waals surface area contributed by atoms with Gasteiger partial charge in [-0.2, -0.15) is 0 Å². The maximum Gasteiger partial charge on any atom is 0.305 e. The van der Waals surface area contributed by atoms with Crippen molar-refractivity contribution in [3.63, 3.8) is 0 Å². The third-order valence-electron chi connectivity index (χ3n) is 16.5. The summed E-state index contributed by atoms with van der Waals surface area (Å²) in [5.74, 6) is -0.0482. The topological polar surface area (TPSA) is 95.9 Å². The number of ether oxygens (including phenoxy) is 1. The zero-order chi connectivity index (χ0) is 55.7. The fraction of sp³-hybridized carbons (Fsp3) is 0.915. The van der Waals surface area contributed by atoms with Crippen LogP contribution in [0.1, 0.15) is 393 Å². The third-order valence-corrected chi connectivity index (χ3v) is 16.5. The van der Waals surface area contributed by atoms with Crippen LogP contribution in [0.4, 0.5) is 0 Å². The zero-order valence-corrected chi connectivity index (χ0v) is 52.2. The molecule has 0 bridgehead atoms. The number of aliphatic hydroxyl groups excluding tert-OH is 2. The van der Waals surface area contributed by atoms with E-state index in [9.17, 15) is 19.8 Å². The molecule has 456 valence electrons. The third kappa shape index (κ3) is 63.4. The van der Waals surface area contributed by atoms with Gasteiger partial charge in [-0.3, -0.25) is 9.59 Å². The summed E-state index contributed by atoms with van der Waals surface area (Å²) in [6, 6.07) is -0.621. The number of rotatable bonds is 66. The van der Waals surface area contributed by atoms with Crippen molar-refractivity contribution in [1.29, 1.82) is 0 Å². The molecule has 2 atom stereocenters. The molecule has 3 N–H and O–H groups in total. The minimum absolute atomic E-state index is 0.0148. The van der Waals surface area contributed by atoms with Gasteiger partial charge in [-0.25, -0.2) is 0 Å². The van der Waals surface area contributed by atoms with E-state index in [2.05, 4.69) is 31.3 Å². The van der Waals surface area contributed by atoms with Crippen LogP contribution in [-0.4, -0.2) is 47.4 Å². The molecule has 6 heteroatoms. The van der Waals surface area contributed by atoms with Crippen LogP contribution in [0, 0.1) is 0 Å². The minimum Gasteiger partial charge on any atom is -0.466 e. The fourth-order valence-corrected chi connectivity index (χ4v) is 11.1. The standard InChI is InChI=1S/C71H137NO5/c1-3-5-7-9-11-13-15-16-38-42-45-49-53-57-61-65-71(76)77-66-62-58-54-50-46-43-40-37-35-33-31-29-27-25-23-21-19-17-18-20-22-24-26-28-30-32-34-36-39-41-44-48-52-56-60-64-70(75)72-68(67-73)69(74)63-59-55-51-47-14-12-10-8-6-4-2/h16,38,59,63,68-69,73-74H,3-15,17-37,39-58,60-62,64-67H2,1-2H3,(H,72,75)/b38-16-,63-59+. The van der Waals surface area contributed by atoms with Crippen molar-refractivity contribution in [1.82, 2.24) is 5.32 Å². The van der Waals surface area contributed by atoms with E-state index >= 15 is 0 Å². The van der Waals surface area contributed by atoms with Crippen LogP contribution in [0.3, 0.4) is 0 Å². The first-order chi connectivity index (χ1) is 38.0. The molecule has 0 aliphatic rings. The number of nitrogens with one attached hydrogen (secondary N) is 1. The number of aliphatic hydroxyl groups is 2. The molecule has 0 fully saturated rings. The summed E-state index contributed by atoms with van der Waals surface area (Å²) in [5, 5.41) is 23.0. The molecule has 0 aliphatic heterocycles. The number of carbonyl (C=O) groups excluding carboxylic acids is 2. The summed E-state index contributed by atoms with van der Waals surface area (Å²) >= 11 is 0. The van der Waals surface area contributed by atoms with Gasteiger partial charge < -0.3 is 20.3 Å². The second-order valence-corrected chi connectivity index (χ2v) is 24.2. The number of allylic oxidation sites excluding steroid dienone is 3. The summed E-state index contributed by atoms with van der Waals surface area (Å²) in [6.45, 7) is 4.90. The van der Waals surface area contributed by atoms with E-state index in [-0.39, 0.29) is 18.5 Å². The van der Waals surface area contributed by atoms with Crippen LogP contribution in [0.15, 0.2) is 24.3 Å². The van der Waals surface area contributed by atoms with Crippen molar-refractivity contribution in [3.8, 4) is 0 Å². The van der Waals surface area contributed by atoms with Crippen molar-refractivity contribution in [3.05, 3.63) is 24.3 Å². The first-order valence-corrected chi connectivity index (χ1v) is 35.1. The Balaban J connectivity index is 3.29. The molecule has 0 aromatic heterocycles. The van der Waals surface area contributed by atoms with Gasteiger partial charge in [0.1, 0.15) is 0 Å². The van der Waals surface area contributed by atoms with Gasteiger partial charge in [-0.05, 0) is 57.8 Å². The Hall–Kier alpha value is -1.66. The molecule has 0 rings (SSSR count). The highest BCUT2D eigenvalue weighted by atomic mass is 16.5. The lowest BCUT2D eigenvalue weighted by molar-refractivity contribution is -0.143. The monoisotopic (exact) mass is 1080 g/mol. The largest absolute Gasteiger partial charge is 0.466 e. The van der Waals surface area contributed by atoms with Gasteiger partial charge in [0, 0.05) is 12.8 Å². The molecule has 0 radical (unpaired) electrons. The van der Waals surface area contributed by atoms with Crippen molar-refractivity contribution >= 4 is 11.9 Å². The number of carbonyl (C=O) groups is 2. The van der Waals surface area contributed by atoms with Crippen LogP contribution in [0.5, 0.6) is 0 Å². The maximum absolute atomic E-state index is 12.4. The second kappa shape index (κ2) is 66.8. The molecule has 77 heavy (non-hydrogen) atoms. The Bertz CT molecular complexity index is 1200. The van der Waals surface area contributed by atoms with E-state index in [0.29, 0.717) is 19.4 Å². The minimum atomic E-state index is -0.838. The lowest BCUT2D eigenvalue weighted by Gasteiger charge is -2.20. The fourth-order valence-electron chi connectivity index (χ4n) is 11.1. The van der Waals surface area contributed by atoms with E-state index in [1.807, 2.05) is 6.08 Å². The van der Waals surface area contributed by atoms with Gasteiger partial charge in [0.15, 0.2) is 0 Å². The Labute approximate surface area is 481 Å². The zero-order valence-electron chi connectivity index (χ0n) is 52.2.